The SMILES string of the molecule is C[C@@H]1C[C@@H](c2cccc(Cl)c2)O[Si]1(c1ccccc1)c1ccccc1. The van der Waals surface area contributed by atoms with Crippen molar-refractivity contribution in [1.82, 2.24) is 0 Å². The van der Waals surface area contributed by atoms with Crippen LogP contribution >= 0.6 is 11.6 Å². The first kappa shape index (κ1) is 16.6. The van der Waals surface area contributed by atoms with E-state index in [1.807, 2.05) is 18.2 Å². The van der Waals surface area contributed by atoms with Gasteiger partial charge >= 0.3 is 0 Å². The molecule has 1 nitrogen and oxygen atoms in total. The molecule has 3 aromatic carbocycles. The molecule has 3 heteroatoms. The van der Waals surface area contributed by atoms with Gasteiger partial charge in [-0.15, -0.1) is 0 Å². The molecule has 25 heavy (non-hydrogen) atoms. The monoisotopic (exact) mass is 364 g/mol. The average Bonchev–Trinajstić information content (AvgIpc) is 3.02. The van der Waals surface area contributed by atoms with E-state index in [4.69, 9.17) is 16.0 Å². The van der Waals surface area contributed by atoms with Crippen LogP contribution in [0.3, 0.4) is 0 Å². The third-order valence-corrected chi connectivity index (χ3v) is 10.1. The predicted octanol–water partition coefficient (Wildman–Crippen LogP) is 4.95. The fourth-order valence-electron chi connectivity index (χ4n) is 4.03. The van der Waals surface area contributed by atoms with Crippen molar-refractivity contribution in [3.8, 4) is 0 Å². The fourth-order valence-corrected chi connectivity index (χ4v) is 8.81. The molecule has 0 spiro atoms. The van der Waals surface area contributed by atoms with Gasteiger partial charge in [-0.05, 0) is 40.0 Å². The molecule has 1 fully saturated rings. The standard InChI is InChI=1S/C22H21ClOSi/c1-17-15-22(18-9-8-10-19(23)16-18)24-25(17,20-11-4-2-5-12-20)21-13-6-3-7-14-21/h2-14,16-17,22H,15H2,1H3/t17-,22+/m1/s1. The van der Waals surface area contributed by atoms with Gasteiger partial charge in [-0.25, -0.2) is 0 Å². The maximum absolute atomic E-state index is 6.95. The highest BCUT2D eigenvalue weighted by molar-refractivity contribution is 6.98. The molecular formula is C22H21ClOSi. The van der Waals surface area contributed by atoms with Crippen molar-refractivity contribution in [2.24, 2.45) is 0 Å². The molecule has 0 aliphatic carbocycles. The maximum Gasteiger partial charge on any atom is 0.259 e. The predicted molar refractivity (Wildman–Crippen MR) is 107 cm³/mol. The van der Waals surface area contributed by atoms with E-state index in [1.165, 1.54) is 15.9 Å². The van der Waals surface area contributed by atoms with Gasteiger partial charge in [0.2, 0.25) is 0 Å². The topological polar surface area (TPSA) is 9.23 Å². The average molecular weight is 365 g/mol. The maximum atomic E-state index is 6.95. The summed E-state index contributed by atoms with van der Waals surface area (Å²) in [4.78, 5) is 0. The number of benzene rings is 3. The summed E-state index contributed by atoms with van der Waals surface area (Å²) in [5.41, 5.74) is 1.67. The number of hydrogen-bond acceptors (Lipinski definition) is 1. The molecule has 0 unspecified atom stereocenters. The van der Waals surface area contributed by atoms with Crippen molar-refractivity contribution < 1.29 is 4.43 Å². The number of rotatable bonds is 3. The Bertz CT molecular complexity index is 811. The zero-order chi connectivity index (χ0) is 17.3. The Kier molecular flexibility index (Phi) is 4.51. The van der Waals surface area contributed by atoms with Crippen LogP contribution in [-0.4, -0.2) is 8.32 Å². The molecule has 1 heterocycles. The highest BCUT2D eigenvalue weighted by Crippen LogP contribution is 2.44. The van der Waals surface area contributed by atoms with Crippen LogP contribution in [0.2, 0.25) is 10.6 Å². The van der Waals surface area contributed by atoms with Gasteiger partial charge < -0.3 is 4.43 Å². The molecule has 3 aromatic rings. The smallest absolute Gasteiger partial charge is 0.259 e. The number of hydrogen-bond donors (Lipinski definition) is 0. The van der Waals surface area contributed by atoms with Crippen molar-refractivity contribution in [3.05, 3.63) is 95.5 Å². The van der Waals surface area contributed by atoms with Crippen molar-refractivity contribution in [1.29, 1.82) is 0 Å². The summed E-state index contributed by atoms with van der Waals surface area (Å²) < 4.78 is 6.95. The van der Waals surface area contributed by atoms with Crippen molar-refractivity contribution in [3.63, 3.8) is 0 Å². The van der Waals surface area contributed by atoms with Crippen LogP contribution in [0.1, 0.15) is 25.0 Å². The third-order valence-electron chi connectivity index (χ3n) is 5.22. The molecule has 0 N–H and O–H groups in total. The highest BCUT2D eigenvalue weighted by Gasteiger charge is 2.52. The Morgan fingerprint density at radius 3 is 2.00 bits per heavy atom. The van der Waals surface area contributed by atoms with Crippen molar-refractivity contribution in [2.45, 2.75) is 25.0 Å². The first-order valence-electron chi connectivity index (χ1n) is 8.74. The molecule has 0 saturated carbocycles. The lowest BCUT2D eigenvalue weighted by molar-refractivity contribution is 0.234. The highest BCUT2D eigenvalue weighted by atomic mass is 35.5. The molecule has 1 aliphatic heterocycles. The van der Waals surface area contributed by atoms with E-state index >= 15 is 0 Å². The Balaban J connectivity index is 1.82. The van der Waals surface area contributed by atoms with E-state index in [9.17, 15) is 0 Å². The molecule has 1 aliphatic rings. The van der Waals surface area contributed by atoms with Crippen LogP contribution in [0.4, 0.5) is 0 Å². The molecule has 126 valence electrons. The molecular weight excluding hydrogens is 344 g/mol. The molecule has 4 rings (SSSR count). The van der Waals surface area contributed by atoms with E-state index in [0.29, 0.717) is 5.54 Å². The lowest BCUT2D eigenvalue weighted by Crippen LogP contribution is -2.60. The Labute approximate surface area is 155 Å². The normalized spacial score (nSPS) is 22.0. The lowest BCUT2D eigenvalue weighted by atomic mass is 10.1. The second-order valence-corrected chi connectivity index (χ2v) is 11.0. The van der Waals surface area contributed by atoms with Gasteiger partial charge in [0.1, 0.15) is 0 Å². The fraction of sp³-hybridized carbons (Fsp3) is 0.182. The van der Waals surface area contributed by atoms with Crippen LogP contribution in [-0.2, 0) is 4.43 Å². The van der Waals surface area contributed by atoms with Gasteiger partial charge in [0.15, 0.2) is 0 Å². The molecule has 0 radical (unpaired) electrons. The second kappa shape index (κ2) is 6.79. The molecule has 1 saturated heterocycles. The van der Waals surface area contributed by atoms with Crippen LogP contribution in [0.5, 0.6) is 0 Å². The first-order valence-corrected chi connectivity index (χ1v) is 11.1. The third kappa shape index (κ3) is 2.95. The van der Waals surface area contributed by atoms with Crippen molar-refractivity contribution >= 4 is 30.3 Å². The van der Waals surface area contributed by atoms with E-state index < -0.39 is 8.32 Å². The summed E-state index contributed by atoms with van der Waals surface area (Å²) in [5.74, 6) is 0. The first-order chi connectivity index (χ1) is 12.2. The van der Waals surface area contributed by atoms with E-state index in [0.717, 1.165) is 11.4 Å². The summed E-state index contributed by atoms with van der Waals surface area (Å²) in [5, 5.41) is 3.46. The Morgan fingerprint density at radius 2 is 1.44 bits per heavy atom. The van der Waals surface area contributed by atoms with E-state index in [2.05, 4.69) is 73.7 Å². The molecule has 2 atom stereocenters. The van der Waals surface area contributed by atoms with Gasteiger partial charge in [0, 0.05) is 5.02 Å². The van der Waals surface area contributed by atoms with Crippen LogP contribution < -0.4 is 10.4 Å². The zero-order valence-corrected chi connectivity index (χ0v) is 16.0. The lowest BCUT2D eigenvalue weighted by Gasteiger charge is -2.31. The van der Waals surface area contributed by atoms with Crippen LogP contribution in [0, 0.1) is 0 Å². The van der Waals surface area contributed by atoms with E-state index in [1.54, 1.807) is 0 Å². The minimum absolute atomic E-state index is 0.0979. The summed E-state index contributed by atoms with van der Waals surface area (Å²) in [7, 11) is -2.29. The van der Waals surface area contributed by atoms with Gasteiger partial charge in [0.05, 0.1) is 6.10 Å². The van der Waals surface area contributed by atoms with Gasteiger partial charge in [-0.2, -0.15) is 0 Å². The minimum Gasteiger partial charge on any atom is -0.401 e. The molecule has 0 aromatic heterocycles. The van der Waals surface area contributed by atoms with Crippen molar-refractivity contribution in [2.75, 3.05) is 0 Å². The van der Waals surface area contributed by atoms with Crippen LogP contribution in [0.15, 0.2) is 84.9 Å². The quantitative estimate of drug-likeness (QED) is 0.597. The van der Waals surface area contributed by atoms with Gasteiger partial charge in [-0.1, -0.05) is 91.3 Å². The summed E-state index contributed by atoms with van der Waals surface area (Å²) >= 11 is 6.22. The summed E-state index contributed by atoms with van der Waals surface area (Å²) in [6, 6.07) is 29.7. The molecule has 0 bridgehead atoms. The zero-order valence-electron chi connectivity index (χ0n) is 14.2. The summed E-state index contributed by atoms with van der Waals surface area (Å²) in [6.07, 6.45) is 1.12. The summed E-state index contributed by atoms with van der Waals surface area (Å²) in [6.45, 7) is 2.34. The van der Waals surface area contributed by atoms with Crippen LogP contribution in [0.25, 0.3) is 0 Å². The minimum atomic E-state index is -2.29. The Hall–Kier alpha value is -1.87. The largest absolute Gasteiger partial charge is 0.401 e. The van der Waals surface area contributed by atoms with Gasteiger partial charge in [0.25, 0.3) is 8.32 Å². The van der Waals surface area contributed by atoms with Gasteiger partial charge in [-0.3, -0.25) is 0 Å². The van der Waals surface area contributed by atoms with E-state index in [-0.39, 0.29) is 6.10 Å². The Morgan fingerprint density at radius 1 is 0.840 bits per heavy atom. The molecule has 0 amide bonds. The number of halogens is 1. The second-order valence-electron chi connectivity index (χ2n) is 6.77.